The maximum atomic E-state index is 14.0. The zero-order chi connectivity index (χ0) is 25.3. The van der Waals surface area contributed by atoms with Crippen molar-refractivity contribution >= 4 is 23.2 Å². The molecule has 4 atom stereocenters. The van der Waals surface area contributed by atoms with Crippen LogP contribution in [0.4, 0.5) is 11.4 Å². The summed E-state index contributed by atoms with van der Waals surface area (Å²) in [6.07, 6.45) is 5.13. The van der Waals surface area contributed by atoms with Crippen molar-refractivity contribution < 1.29 is 23.9 Å². The highest BCUT2D eigenvalue weighted by Gasteiger charge is 2.65. The number of carbonyl (C=O) groups is 2. The zero-order valence-corrected chi connectivity index (χ0v) is 21.2. The number of benzene rings is 2. The summed E-state index contributed by atoms with van der Waals surface area (Å²) in [5.41, 5.74) is 1.93. The molecule has 0 aromatic heterocycles. The maximum Gasteiger partial charge on any atom is 0.266 e. The number of hydrogen-bond donors (Lipinski definition) is 0. The molecule has 7 nitrogen and oxygen atoms in total. The molecule has 0 radical (unpaired) electrons. The predicted octanol–water partition coefficient (Wildman–Crippen LogP) is 5.41. The van der Waals surface area contributed by atoms with Crippen molar-refractivity contribution in [2.75, 3.05) is 16.6 Å². The van der Waals surface area contributed by atoms with Gasteiger partial charge in [0.05, 0.1) is 24.2 Å². The van der Waals surface area contributed by atoms with Gasteiger partial charge in [0.25, 0.3) is 5.91 Å². The fourth-order valence-electron chi connectivity index (χ4n) is 5.55. The molecule has 2 amide bonds. The lowest BCUT2D eigenvalue weighted by Crippen LogP contribution is -2.56. The normalized spacial score (nSPS) is 27.6. The number of hydrogen-bond acceptors (Lipinski definition) is 6. The largest absolute Gasteiger partial charge is 0.494 e. The number of allylic oxidation sites excluding steroid dienone is 1. The number of carbonyl (C=O) groups excluding carboxylic acids is 2. The van der Waals surface area contributed by atoms with Crippen LogP contribution in [0.25, 0.3) is 0 Å². The number of para-hydroxylation sites is 1. The Morgan fingerprint density at radius 1 is 0.972 bits per heavy atom. The van der Waals surface area contributed by atoms with E-state index in [2.05, 4.69) is 13.8 Å². The predicted molar refractivity (Wildman–Crippen MR) is 138 cm³/mol. The van der Waals surface area contributed by atoms with E-state index in [0.29, 0.717) is 24.5 Å². The Bertz CT molecular complexity index is 1130. The third kappa shape index (κ3) is 4.05. The third-order valence-corrected chi connectivity index (χ3v) is 7.62. The summed E-state index contributed by atoms with van der Waals surface area (Å²) in [5.74, 6) is -0.562. The molecule has 2 fully saturated rings. The average Bonchev–Trinajstić information content (AvgIpc) is 3.44. The van der Waals surface area contributed by atoms with Gasteiger partial charge in [-0.1, -0.05) is 39.0 Å². The molecule has 3 aliphatic heterocycles. The van der Waals surface area contributed by atoms with E-state index >= 15 is 0 Å². The number of rotatable bonds is 8. The van der Waals surface area contributed by atoms with Crippen LogP contribution in [0, 0.1) is 5.92 Å². The molecule has 0 saturated carbocycles. The van der Waals surface area contributed by atoms with Crippen LogP contribution in [0.3, 0.4) is 0 Å². The van der Waals surface area contributed by atoms with Crippen molar-refractivity contribution in [3.63, 3.8) is 0 Å². The quantitative estimate of drug-likeness (QED) is 0.461. The number of imide groups is 1. The summed E-state index contributed by atoms with van der Waals surface area (Å²) in [6.45, 7) is 6.86. The van der Waals surface area contributed by atoms with Crippen molar-refractivity contribution in [2.24, 2.45) is 5.92 Å². The molecule has 0 unspecified atom stereocenters. The number of ether oxygens (including phenoxy) is 2. The van der Waals surface area contributed by atoms with Crippen LogP contribution in [0.1, 0.15) is 52.9 Å². The fourth-order valence-corrected chi connectivity index (χ4v) is 5.55. The summed E-state index contributed by atoms with van der Waals surface area (Å²) >= 11 is 0. The molecule has 2 aromatic rings. The summed E-state index contributed by atoms with van der Waals surface area (Å²) in [7, 11) is 0. The first kappa shape index (κ1) is 24.4. The molecule has 0 N–H and O–H groups in total. The Morgan fingerprint density at radius 3 is 2.33 bits per heavy atom. The van der Waals surface area contributed by atoms with Crippen LogP contribution in [-0.2, 0) is 19.2 Å². The summed E-state index contributed by atoms with van der Waals surface area (Å²) in [4.78, 5) is 35.2. The average molecular weight is 491 g/mol. The Hall–Kier alpha value is -3.32. The van der Waals surface area contributed by atoms with Crippen molar-refractivity contribution in [3.05, 3.63) is 66.4 Å². The molecule has 7 heteroatoms. The van der Waals surface area contributed by atoms with E-state index in [4.69, 9.17) is 14.3 Å². The summed E-state index contributed by atoms with van der Waals surface area (Å²) < 4.78 is 12.1. The van der Waals surface area contributed by atoms with E-state index < -0.39 is 23.7 Å². The minimum Gasteiger partial charge on any atom is -0.494 e. The zero-order valence-electron chi connectivity index (χ0n) is 21.2. The lowest BCUT2D eigenvalue weighted by Gasteiger charge is -2.45. The number of amides is 2. The van der Waals surface area contributed by atoms with Gasteiger partial charge in [0.15, 0.2) is 6.10 Å². The first-order chi connectivity index (χ1) is 17.5. The Kier molecular flexibility index (Phi) is 6.75. The lowest BCUT2D eigenvalue weighted by atomic mass is 9.76. The highest BCUT2D eigenvalue weighted by atomic mass is 16.7. The van der Waals surface area contributed by atoms with E-state index in [1.165, 1.54) is 10.5 Å². The Labute approximate surface area is 212 Å². The van der Waals surface area contributed by atoms with Gasteiger partial charge in [0.1, 0.15) is 23.3 Å². The molecule has 36 heavy (non-hydrogen) atoms. The minimum absolute atomic E-state index is 0.252. The number of anilines is 2. The minimum atomic E-state index is -0.901. The summed E-state index contributed by atoms with van der Waals surface area (Å²) in [5, 5.41) is 1.76. The summed E-state index contributed by atoms with van der Waals surface area (Å²) in [6, 6.07) is 16.3. The van der Waals surface area contributed by atoms with Crippen molar-refractivity contribution in [1.29, 1.82) is 0 Å². The molecule has 3 heterocycles. The number of nitrogens with zero attached hydrogens (tertiary/aromatic N) is 2. The van der Waals surface area contributed by atoms with Gasteiger partial charge < -0.3 is 9.47 Å². The SMILES string of the molecule is CCCOc1ccc(N2C(=O)[C@H]3[C@H](ON(c4ccccc4)[C@H]3[C@@]3(CC)CCC(CC)=CO3)C2=O)cc1. The number of hydroxylamine groups is 1. The second kappa shape index (κ2) is 9.97. The van der Waals surface area contributed by atoms with E-state index in [1.807, 2.05) is 43.5 Å². The van der Waals surface area contributed by atoms with Crippen LogP contribution < -0.4 is 14.7 Å². The van der Waals surface area contributed by atoms with Crippen LogP contribution in [0.15, 0.2) is 66.4 Å². The topological polar surface area (TPSA) is 68.3 Å². The Morgan fingerprint density at radius 2 is 1.72 bits per heavy atom. The second-order valence-corrected chi connectivity index (χ2v) is 9.68. The van der Waals surface area contributed by atoms with Gasteiger partial charge in [-0.05, 0) is 74.1 Å². The molecule has 5 rings (SSSR count). The molecule has 190 valence electrons. The highest BCUT2D eigenvalue weighted by Crippen LogP contribution is 2.49. The van der Waals surface area contributed by atoms with Crippen molar-refractivity contribution in [1.82, 2.24) is 0 Å². The molecule has 2 saturated heterocycles. The van der Waals surface area contributed by atoms with Crippen LogP contribution in [0.2, 0.25) is 0 Å². The Balaban J connectivity index is 1.51. The molecular formula is C29H34N2O5. The standard InChI is InChI=1S/C29H34N2O5/c1-4-18-34-23-14-12-21(13-15-23)30-27(32)24-25(28(30)33)36-31(22-10-8-7-9-11-22)26(24)29(6-3)17-16-20(5-2)19-35-29/h7-15,19,24-26H,4-6,16-18H2,1-3H3/t24-,25-,26+,29+/m0/s1. The maximum absolute atomic E-state index is 14.0. The number of fused-ring (bicyclic) bond motifs is 1. The first-order valence-electron chi connectivity index (χ1n) is 13.0. The molecule has 0 aliphatic carbocycles. The van der Waals surface area contributed by atoms with Crippen LogP contribution in [0.5, 0.6) is 5.75 Å². The molecule has 0 spiro atoms. The van der Waals surface area contributed by atoms with Gasteiger partial charge in [-0.25, -0.2) is 9.96 Å². The van der Waals surface area contributed by atoms with Gasteiger partial charge in [-0.15, -0.1) is 0 Å². The van der Waals surface area contributed by atoms with Gasteiger partial charge in [-0.2, -0.15) is 0 Å². The van der Waals surface area contributed by atoms with E-state index in [1.54, 1.807) is 29.3 Å². The van der Waals surface area contributed by atoms with Gasteiger partial charge in [0, 0.05) is 0 Å². The molecular weight excluding hydrogens is 456 g/mol. The van der Waals surface area contributed by atoms with E-state index in [0.717, 1.165) is 31.4 Å². The molecule has 3 aliphatic rings. The molecule has 0 bridgehead atoms. The highest BCUT2D eigenvalue weighted by molar-refractivity contribution is 6.24. The van der Waals surface area contributed by atoms with E-state index in [-0.39, 0.29) is 11.8 Å². The third-order valence-electron chi connectivity index (χ3n) is 7.62. The lowest BCUT2D eigenvalue weighted by molar-refractivity contribution is -0.127. The molecule has 2 aromatic carbocycles. The van der Waals surface area contributed by atoms with Crippen molar-refractivity contribution in [3.8, 4) is 5.75 Å². The van der Waals surface area contributed by atoms with Crippen LogP contribution in [-0.4, -0.2) is 36.2 Å². The second-order valence-electron chi connectivity index (χ2n) is 9.68. The van der Waals surface area contributed by atoms with Crippen molar-refractivity contribution in [2.45, 2.75) is 70.6 Å². The van der Waals surface area contributed by atoms with Crippen LogP contribution >= 0.6 is 0 Å². The van der Waals surface area contributed by atoms with Gasteiger partial charge >= 0.3 is 0 Å². The van der Waals surface area contributed by atoms with Gasteiger partial charge in [0.2, 0.25) is 5.91 Å². The fraction of sp³-hybridized carbons (Fsp3) is 0.448. The van der Waals surface area contributed by atoms with Gasteiger partial charge in [-0.3, -0.25) is 14.4 Å². The monoisotopic (exact) mass is 490 g/mol. The first-order valence-corrected chi connectivity index (χ1v) is 13.0. The smallest absolute Gasteiger partial charge is 0.266 e. The van der Waals surface area contributed by atoms with E-state index in [9.17, 15) is 9.59 Å².